The predicted molar refractivity (Wildman–Crippen MR) is 58.7 cm³/mol. The number of nitrogens with two attached hydrogens (primary N) is 1. The van der Waals surface area contributed by atoms with E-state index in [1.54, 1.807) is 25.6 Å². The van der Waals surface area contributed by atoms with Crippen molar-refractivity contribution in [1.82, 2.24) is 5.32 Å². The SMILES string of the molecule is CC(C)(NC1(C(=O)O)CCSC1)C(N)=O. The van der Waals surface area contributed by atoms with Crippen LogP contribution in [-0.2, 0) is 9.59 Å². The van der Waals surface area contributed by atoms with Gasteiger partial charge in [-0.2, -0.15) is 11.8 Å². The lowest BCUT2D eigenvalue weighted by atomic mass is 9.93. The summed E-state index contributed by atoms with van der Waals surface area (Å²) in [6.45, 7) is 3.20. The highest BCUT2D eigenvalue weighted by molar-refractivity contribution is 7.99. The smallest absolute Gasteiger partial charge is 0.324 e. The lowest BCUT2D eigenvalue weighted by Crippen LogP contribution is -2.64. The Hall–Kier alpha value is -0.750. The van der Waals surface area contributed by atoms with E-state index in [4.69, 9.17) is 5.73 Å². The molecule has 0 saturated carbocycles. The highest BCUT2D eigenvalue weighted by Gasteiger charge is 2.46. The minimum absolute atomic E-state index is 0.471. The number of rotatable bonds is 4. The Morgan fingerprint density at radius 1 is 1.53 bits per heavy atom. The van der Waals surface area contributed by atoms with Crippen molar-refractivity contribution < 1.29 is 14.7 Å². The van der Waals surface area contributed by atoms with Crippen molar-refractivity contribution in [2.75, 3.05) is 11.5 Å². The number of aliphatic carboxylic acids is 1. The van der Waals surface area contributed by atoms with Crippen molar-refractivity contribution in [2.24, 2.45) is 5.73 Å². The van der Waals surface area contributed by atoms with E-state index in [1.165, 1.54) is 0 Å². The van der Waals surface area contributed by atoms with Gasteiger partial charge in [-0.25, -0.2) is 0 Å². The van der Waals surface area contributed by atoms with Crippen LogP contribution >= 0.6 is 11.8 Å². The Kier molecular flexibility index (Phi) is 3.30. The van der Waals surface area contributed by atoms with Crippen LogP contribution in [0.25, 0.3) is 0 Å². The molecule has 1 rings (SSSR count). The standard InChI is InChI=1S/C9H16N2O3S/c1-8(2,6(10)12)11-9(7(13)14)3-4-15-5-9/h11H,3-5H2,1-2H3,(H2,10,12)(H,13,14). The Labute approximate surface area is 92.8 Å². The molecule has 0 spiro atoms. The Morgan fingerprint density at radius 2 is 2.13 bits per heavy atom. The van der Waals surface area contributed by atoms with Gasteiger partial charge in [0.25, 0.3) is 0 Å². The van der Waals surface area contributed by atoms with E-state index < -0.39 is 23.0 Å². The van der Waals surface area contributed by atoms with E-state index in [0.717, 1.165) is 5.75 Å². The lowest BCUT2D eigenvalue weighted by molar-refractivity contribution is -0.145. The fourth-order valence-corrected chi connectivity index (χ4v) is 2.87. The summed E-state index contributed by atoms with van der Waals surface area (Å²) in [6, 6.07) is 0. The topological polar surface area (TPSA) is 92.4 Å². The van der Waals surface area contributed by atoms with Crippen molar-refractivity contribution in [2.45, 2.75) is 31.3 Å². The molecule has 0 aliphatic carbocycles. The van der Waals surface area contributed by atoms with Crippen molar-refractivity contribution >= 4 is 23.6 Å². The van der Waals surface area contributed by atoms with Gasteiger partial charge in [0.2, 0.25) is 5.91 Å². The van der Waals surface area contributed by atoms with Crippen LogP contribution in [0.2, 0.25) is 0 Å². The van der Waals surface area contributed by atoms with E-state index in [0.29, 0.717) is 12.2 Å². The molecule has 1 saturated heterocycles. The third kappa shape index (κ3) is 2.43. The summed E-state index contributed by atoms with van der Waals surface area (Å²) in [5, 5.41) is 12.1. The molecule has 1 amide bonds. The maximum atomic E-state index is 11.2. The second-order valence-electron chi connectivity index (χ2n) is 4.30. The van der Waals surface area contributed by atoms with E-state index in [2.05, 4.69) is 5.32 Å². The number of carboxylic acid groups (broad SMARTS) is 1. The molecule has 15 heavy (non-hydrogen) atoms. The Balaban J connectivity index is 2.85. The summed E-state index contributed by atoms with van der Waals surface area (Å²) >= 11 is 1.57. The van der Waals surface area contributed by atoms with Gasteiger partial charge in [0.15, 0.2) is 0 Å². The van der Waals surface area contributed by atoms with Gasteiger partial charge in [-0.15, -0.1) is 0 Å². The minimum Gasteiger partial charge on any atom is -0.480 e. The highest BCUT2D eigenvalue weighted by Crippen LogP contribution is 2.30. The quantitative estimate of drug-likeness (QED) is 0.624. The summed E-state index contributed by atoms with van der Waals surface area (Å²) in [7, 11) is 0. The molecule has 1 aliphatic rings. The fraction of sp³-hybridized carbons (Fsp3) is 0.778. The first-order valence-electron chi connectivity index (χ1n) is 4.70. The first-order valence-corrected chi connectivity index (χ1v) is 5.86. The maximum Gasteiger partial charge on any atom is 0.324 e. The number of nitrogens with one attached hydrogen (secondary N) is 1. The average Bonchev–Trinajstić information content (AvgIpc) is 2.53. The van der Waals surface area contributed by atoms with E-state index in [1.807, 2.05) is 0 Å². The number of carbonyl (C=O) groups is 2. The van der Waals surface area contributed by atoms with E-state index in [-0.39, 0.29) is 0 Å². The van der Waals surface area contributed by atoms with Crippen LogP contribution in [0.5, 0.6) is 0 Å². The zero-order valence-electron chi connectivity index (χ0n) is 8.87. The zero-order valence-corrected chi connectivity index (χ0v) is 9.69. The molecule has 0 aromatic carbocycles. The van der Waals surface area contributed by atoms with Gasteiger partial charge < -0.3 is 10.8 Å². The largest absolute Gasteiger partial charge is 0.480 e. The minimum atomic E-state index is -1.01. The maximum absolute atomic E-state index is 11.2. The van der Waals surface area contributed by atoms with Crippen LogP contribution in [0, 0.1) is 0 Å². The summed E-state index contributed by atoms with van der Waals surface area (Å²) in [5.74, 6) is -0.199. The molecule has 0 aromatic heterocycles. The fourth-order valence-electron chi connectivity index (χ4n) is 1.55. The molecular weight excluding hydrogens is 216 g/mol. The molecule has 6 heteroatoms. The van der Waals surface area contributed by atoms with Crippen LogP contribution in [0.1, 0.15) is 20.3 Å². The number of carbonyl (C=O) groups excluding carboxylic acids is 1. The van der Waals surface area contributed by atoms with Crippen molar-refractivity contribution in [3.8, 4) is 0 Å². The third-order valence-corrected chi connectivity index (χ3v) is 3.79. The second-order valence-corrected chi connectivity index (χ2v) is 5.41. The monoisotopic (exact) mass is 232 g/mol. The third-order valence-electron chi connectivity index (χ3n) is 2.60. The van der Waals surface area contributed by atoms with Crippen LogP contribution in [0.15, 0.2) is 0 Å². The summed E-state index contributed by atoms with van der Waals surface area (Å²) in [4.78, 5) is 22.3. The summed E-state index contributed by atoms with van der Waals surface area (Å²) in [5.41, 5.74) is 3.20. The molecule has 0 radical (unpaired) electrons. The Morgan fingerprint density at radius 3 is 2.47 bits per heavy atom. The van der Waals surface area contributed by atoms with Crippen LogP contribution in [-0.4, -0.2) is 39.6 Å². The molecule has 86 valence electrons. The van der Waals surface area contributed by atoms with Gasteiger partial charge in [0, 0.05) is 5.75 Å². The molecule has 1 unspecified atom stereocenters. The molecule has 0 aromatic rings. The number of carboxylic acids is 1. The van der Waals surface area contributed by atoms with E-state index >= 15 is 0 Å². The molecule has 5 nitrogen and oxygen atoms in total. The van der Waals surface area contributed by atoms with Crippen molar-refractivity contribution in [3.05, 3.63) is 0 Å². The first-order chi connectivity index (χ1) is 6.80. The second kappa shape index (κ2) is 4.02. The van der Waals surface area contributed by atoms with Gasteiger partial charge in [-0.1, -0.05) is 0 Å². The van der Waals surface area contributed by atoms with Gasteiger partial charge in [-0.05, 0) is 26.0 Å². The molecule has 0 bridgehead atoms. The lowest BCUT2D eigenvalue weighted by Gasteiger charge is -2.33. The number of amides is 1. The van der Waals surface area contributed by atoms with E-state index in [9.17, 15) is 14.7 Å². The molecule has 1 aliphatic heterocycles. The van der Waals surface area contributed by atoms with Gasteiger partial charge >= 0.3 is 5.97 Å². The van der Waals surface area contributed by atoms with Crippen LogP contribution < -0.4 is 11.1 Å². The van der Waals surface area contributed by atoms with Crippen molar-refractivity contribution in [3.63, 3.8) is 0 Å². The zero-order chi connectivity index (χ0) is 11.7. The molecule has 4 N–H and O–H groups in total. The highest BCUT2D eigenvalue weighted by atomic mass is 32.2. The first kappa shape index (κ1) is 12.3. The summed E-state index contributed by atoms with van der Waals surface area (Å²) < 4.78 is 0. The van der Waals surface area contributed by atoms with Crippen LogP contribution in [0.3, 0.4) is 0 Å². The normalized spacial score (nSPS) is 26.5. The summed E-state index contributed by atoms with van der Waals surface area (Å²) in [6.07, 6.45) is 0.518. The predicted octanol–water partition coefficient (Wildman–Crippen LogP) is -0.200. The molecule has 1 heterocycles. The molecular formula is C9H16N2O3S. The van der Waals surface area contributed by atoms with Gasteiger partial charge in [-0.3, -0.25) is 14.9 Å². The van der Waals surface area contributed by atoms with Crippen molar-refractivity contribution in [1.29, 1.82) is 0 Å². The van der Waals surface area contributed by atoms with Crippen LogP contribution in [0.4, 0.5) is 0 Å². The molecule has 1 fully saturated rings. The molecule has 1 atom stereocenters. The number of hydrogen-bond acceptors (Lipinski definition) is 4. The number of hydrogen-bond donors (Lipinski definition) is 3. The van der Waals surface area contributed by atoms with Gasteiger partial charge in [0.1, 0.15) is 5.54 Å². The average molecular weight is 232 g/mol. The number of primary amides is 1. The number of thioether (sulfide) groups is 1. The van der Waals surface area contributed by atoms with Gasteiger partial charge in [0.05, 0.1) is 5.54 Å². The Bertz CT molecular complexity index is 285.